The summed E-state index contributed by atoms with van der Waals surface area (Å²) in [5.41, 5.74) is 7.19. The molecule has 1 aromatic rings. The minimum absolute atomic E-state index is 0.171. The van der Waals surface area contributed by atoms with Gasteiger partial charge in [0.1, 0.15) is 0 Å². The molecule has 17 heavy (non-hydrogen) atoms. The zero-order chi connectivity index (χ0) is 12.9. The lowest BCUT2D eigenvalue weighted by atomic mass is 10.1. The maximum atomic E-state index is 11.8. The van der Waals surface area contributed by atoms with Crippen LogP contribution in [0.5, 0.6) is 0 Å². The summed E-state index contributed by atoms with van der Waals surface area (Å²) in [4.78, 5) is 0.171. The quantitative estimate of drug-likeness (QED) is 0.469. The zero-order valence-corrected chi connectivity index (χ0v) is 10.5. The van der Waals surface area contributed by atoms with Gasteiger partial charge < -0.3 is 5.73 Å². The van der Waals surface area contributed by atoms with Crippen LogP contribution in [0.2, 0.25) is 0 Å². The molecule has 1 aromatic carbocycles. The normalized spacial score (nSPS) is 11.1. The molecule has 0 aliphatic heterocycles. The predicted molar refractivity (Wildman–Crippen MR) is 68.9 cm³/mol. The van der Waals surface area contributed by atoms with Crippen molar-refractivity contribution in [2.45, 2.75) is 24.7 Å². The molecule has 0 amide bonds. The highest BCUT2D eigenvalue weighted by Gasteiger charge is 2.14. The maximum absolute atomic E-state index is 11.8. The second-order valence-corrected chi connectivity index (χ2v) is 5.33. The first-order valence-electron chi connectivity index (χ1n) is 5.32. The number of hydrogen-bond acceptors (Lipinski definition) is 3. The summed E-state index contributed by atoms with van der Waals surface area (Å²) in [6.07, 6.45) is 6.19. The molecule has 0 radical (unpaired) electrons. The van der Waals surface area contributed by atoms with Crippen LogP contribution in [0.25, 0.3) is 0 Å². The lowest BCUT2D eigenvalue weighted by molar-refractivity contribution is 0.582. The second kappa shape index (κ2) is 5.71. The molecule has 92 valence electrons. The summed E-state index contributed by atoms with van der Waals surface area (Å²) >= 11 is 0. The fraction of sp³-hybridized carbons (Fsp3) is 0.333. The average molecular weight is 252 g/mol. The van der Waals surface area contributed by atoms with E-state index < -0.39 is 10.0 Å². The van der Waals surface area contributed by atoms with E-state index in [2.05, 4.69) is 10.6 Å². The number of benzene rings is 1. The van der Waals surface area contributed by atoms with Crippen molar-refractivity contribution in [3.05, 3.63) is 23.8 Å². The second-order valence-electron chi connectivity index (χ2n) is 3.57. The number of hydrogen-bond donors (Lipinski definition) is 2. The monoisotopic (exact) mass is 252 g/mol. The standard InChI is InChI=1S/C12H16N2O2S/c1-3-5-8-14-17(15,16)11-7-6-10(4-2)12(13)9-11/h1,6-7,9,14H,4-5,8,13H2,2H3. The lowest BCUT2D eigenvalue weighted by Gasteiger charge is -2.08. The number of terminal acetylenes is 1. The van der Waals surface area contributed by atoms with E-state index in [0.717, 1.165) is 12.0 Å². The van der Waals surface area contributed by atoms with Crippen LogP contribution in [-0.4, -0.2) is 15.0 Å². The molecule has 0 aliphatic rings. The molecule has 1 rings (SSSR count). The molecule has 0 aliphatic carbocycles. The minimum atomic E-state index is -3.51. The van der Waals surface area contributed by atoms with Gasteiger partial charge in [0.15, 0.2) is 0 Å². The van der Waals surface area contributed by atoms with E-state index >= 15 is 0 Å². The third-order valence-electron chi connectivity index (χ3n) is 2.37. The van der Waals surface area contributed by atoms with Crippen molar-refractivity contribution in [2.75, 3.05) is 12.3 Å². The Labute approximate surface area is 102 Å². The molecule has 0 heterocycles. The molecule has 0 saturated carbocycles. The summed E-state index contributed by atoms with van der Waals surface area (Å²) in [7, 11) is -3.51. The van der Waals surface area contributed by atoms with Gasteiger partial charge in [-0.2, -0.15) is 0 Å². The maximum Gasteiger partial charge on any atom is 0.240 e. The molecular weight excluding hydrogens is 236 g/mol. The van der Waals surface area contributed by atoms with E-state index in [-0.39, 0.29) is 11.4 Å². The van der Waals surface area contributed by atoms with Gasteiger partial charge in [0.2, 0.25) is 10.0 Å². The molecule has 0 bridgehead atoms. The fourth-order valence-corrected chi connectivity index (χ4v) is 2.47. The van der Waals surface area contributed by atoms with Crippen molar-refractivity contribution in [3.63, 3.8) is 0 Å². The van der Waals surface area contributed by atoms with Crippen molar-refractivity contribution in [1.82, 2.24) is 4.72 Å². The molecule has 0 aromatic heterocycles. The Kier molecular flexibility index (Phi) is 4.55. The third kappa shape index (κ3) is 3.48. The van der Waals surface area contributed by atoms with E-state index in [0.29, 0.717) is 12.1 Å². The van der Waals surface area contributed by atoms with Crippen molar-refractivity contribution >= 4 is 15.7 Å². The van der Waals surface area contributed by atoms with E-state index in [4.69, 9.17) is 12.2 Å². The highest BCUT2D eigenvalue weighted by Crippen LogP contribution is 2.18. The number of nitrogens with two attached hydrogens (primary N) is 1. The number of anilines is 1. The summed E-state index contributed by atoms with van der Waals surface area (Å²) < 4.78 is 26.1. The van der Waals surface area contributed by atoms with Gasteiger partial charge in [0.05, 0.1) is 4.90 Å². The van der Waals surface area contributed by atoms with Crippen LogP contribution in [0.4, 0.5) is 5.69 Å². The highest BCUT2D eigenvalue weighted by atomic mass is 32.2. The first-order chi connectivity index (χ1) is 8.01. The molecule has 0 atom stereocenters. The van der Waals surface area contributed by atoms with E-state index in [1.807, 2.05) is 6.92 Å². The molecular formula is C12H16N2O2S. The molecule has 4 nitrogen and oxygen atoms in total. The summed E-state index contributed by atoms with van der Waals surface area (Å²) in [6.45, 7) is 2.19. The van der Waals surface area contributed by atoms with E-state index in [1.165, 1.54) is 6.07 Å². The Bertz CT molecular complexity index is 530. The topological polar surface area (TPSA) is 72.2 Å². The van der Waals surface area contributed by atoms with Crippen molar-refractivity contribution in [3.8, 4) is 12.3 Å². The molecule has 0 spiro atoms. The first-order valence-corrected chi connectivity index (χ1v) is 6.81. The van der Waals surface area contributed by atoms with Crippen molar-refractivity contribution in [1.29, 1.82) is 0 Å². The van der Waals surface area contributed by atoms with Gasteiger partial charge in [-0.3, -0.25) is 0 Å². The molecule has 3 N–H and O–H groups in total. The van der Waals surface area contributed by atoms with E-state index in [9.17, 15) is 8.42 Å². The van der Waals surface area contributed by atoms with Gasteiger partial charge in [0, 0.05) is 18.7 Å². The van der Waals surface area contributed by atoms with Gasteiger partial charge in [-0.1, -0.05) is 13.0 Å². The zero-order valence-electron chi connectivity index (χ0n) is 9.73. The average Bonchev–Trinajstić information content (AvgIpc) is 2.29. The predicted octanol–water partition coefficient (Wildman–Crippen LogP) is 1.13. The summed E-state index contributed by atoms with van der Waals surface area (Å²) in [5, 5.41) is 0. The summed E-state index contributed by atoms with van der Waals surface area (Å²) in [5.74, 6) is 2.37. The van der Waals surface area contributed by atoms with Crippen LogP contribution in [0.3, 0.4) is 0 Å². The minimum Gasteiger partial charge on any atom is -0.398 e. The number of nitrogen functional groups attached to an aromatic ring is 1. The van der Waals surface area contributed by atoms with E-state index in [1.54, 1.807) is 12.1 Å². The number of aryl methyl sites for hydroxylation is 1. The van der Waals surface area contributed by atoms with Gasteiger partial charge in [0.25, 0.3) is 0 Å². The Morgan fingerprint density at radius 1 is 1.47 bits per heavy atom. The molecule has 0 saturated heterocycles. The first kappa shape index (κ1) is 13.6. The Morgan fingerprint density at radius 2 is 2.18 bits per heavy atom. The van der Waals surface area contributed by atoms with Gasteiger partial charge in [-0.15, -0.1) is 12.3 Å². The van der Waals surface area contributed by atoms with Crippen LogP contribution in [0, 0.1) is 12.3 Å². The van der Waals surface area contributed by atoms with Gasteiger partial charge in [-0.05, 0) is 24.1 Å². The molecule has 0 unspecified atom stereocenters. The Hall–Kier alpha value is -1.51. The highest BCUT2D eigenvalue weighted by molar-refractivity contribution is 7.89. The largest absolute Gasteiger partial charge is 0.398 e. The Morgan fingerprint density at radius 3 is 2.71 bits per heavy atom. The van der Waals surface area contributed by atoms with Crippen LogP contribution in [-0.2, 0) is 16.4 Å². The number of sulfonamides is 1. The van der Waals surface area contributed by atoms with Gasteiger partial charge >= 0.3 is 0 Å². The van der Waals surface area contributed by atoms with Crippen LogP contribution < -0.4 is 10.5 Å². The lowest BCUT2D eigenvalue weighted by Crippen LogP contribution is -2.24. The SMILES string of the molecule is C#CCCNS(=O)(=O)c1ccc(CC)c(N)c1. The fourth-order valence-electron chi connectivity index (χ4n) is 1.40. The molecule has 5 heteroatoms. The van der Waals surface area contributed by atoms with Crippen LogP contribution >= 0.6 is 0 Å². The van der Waals surface area contributed by atoms with Crippen molar-refractivity contribution in [2.24, 2.45) is 0 Å². The number of nitrogens with one attached hydrogen (secondary N) is 1. The van der Waals surface area contributed by atoms with Crippen molar-refractivity contribution < 1.29 is 8.42 Å². The van der Waals surface area contributed by atoms with Crippen LogP contribution in [0.1, 0.15) is 18.9 Å². The van der Waals surface area contributed by atoms with Gasteiger partial charge in [-0.25, -0.2) is 13.1 Å². The number of rotatable bonds is 5. The Balaban J connectivity index is 2.93. The third-order valence-corrected chi connectivity index (χ3v) is 3.83. The van der Waals surface area contributed by atoms with Crippen LogP contribution in [0.15, 0.2) is 23.1 Å². The molecule has 0 fully saturated rings. The smallest absolute Gasteiger partial charge is 0.240 e. The summed E-state index contributed by atoms with van der Waals surface area (Å²) in [6, 6.07) is 4.75.